The predicted octanol–water partition coefficient (Wildman–Crippen LogP) is 1.40. The van der Waals surface area contributed by atoms with E-state index in [1.807, 2.05) is 45.8 Å². The molecule has 0 heterocycles. The molecule has 0 spiro atoms. The summed E-state index contributed by atoms with van der Waals surface area (Å²) < 4.78 is 0. The molecule has 14 heavy (non-hydrogen) atoms. The van der Waals surface area contributed by atoms with Gasteiger partial charge in [-0.1, -0.05) is 26.8 Å². The highest BCUT2D eigenvalue weighted by Gasteiger charge is 2.25. The highest BCUT2D eigenvalue weighted by atomic mass is 16.3. The maximum absolute atomic E-state index is 9.85. The molecule has 0 aliphatic rings. The summed E-state index contributed by atoms with van der Waals surface area (Å²) >= 11 is 0. The summed E-state index contributed by atoms with van der Waals surface area (Å²) in [6.07, 6.45) is 1.09. The first-order chi connectivity index (χ1) is 6.29. The van der Waals surface area contributed by atoms with E-state index in [0.29, 0.717) is 12.1 Å². The minimum Gasteiger partial charge on any atom is -0.387 e. The van der Waals surface area contributed by atoms with Crippen molar-refractivity contribution in [1.82, 2.24) is 4.90 Å². The molecule has 0 aromatic rings. The van der Waals surface area contributed by atoms with Gasteiger partial charge in [0.1, 0.15) is 0 Å². The Morgan fingerprint density at radius 3 is 2.29 bits per heavy atom. The van der Waals surface area contributed by atoms with Gasteiger partial charge in [-0.2, -0.15) is 5.26 Å². The zero-order chi connectivity index (χ0) is 11.4. The number of nitriles is 1. The van der Waals surface area contributed by atoms with E-state index in [0.717, 1.165) is 0 Å². The number of nitrogens with zero attached hydrogens (tertiary/aromatic N) is 2. The number of likely N-dealkylation sites (N-methyl/N-ethyl adjacent to an activating group) is 1. The fourth-order valence-electron chi connectivity index (χ4n) is 0.966. The van der Waals surface area contributed by atoms with Gasteiger partial charge in [0, 0.05) is 6.54 Å². The Hall–Kier alpha value is -0.850. The lowest BCUT2D eigenvalue weighted by molar-refractivity contribution is 0.0982. The van der Waals surface area contributed by atoms with Crippen LogP contribution in [0.4, 0.5) is 0 Å². The highest BCUT2D eigenvalue weighted by Crippen LogP contribution is 2.24. The average molecular weight is 196 g/mol. The van der Waals surface area contributed by atoms with Gasteiger partial charge in [-0.3, -0.25) is 0 Å². The Bertz CT molecular complexity index is 243. The number of aliphatic hydroxyl groups excluding tert-OH is 1. The first kappa shape index (κ1) is 13.2. The Morgan fingerprint density at radius 2 is 2.00 bits per heavy atom. The van der Waals surface area contributed by atoms with Crippen LogP contribution in [0.25, 0.3) is 0 Å². The van der Waals surface area contributed by atoms with Crippen LogP contribution >= 0.6 is 0 Å². The molecule has 0 aliphatic carbocycles. The summed E-state index contributed by atoms with van der Waals surface area (Å²) in [7, 11) is 3.85. The van der Waals surface area contributed by atoms with Crippen LogP contribution in [0, 0.1) is 16.7 Å². The topological polar surface area (TPSA) is 47.3 Å². The van der Waals surface area contributed by atoms with Gasteiger partial charge < -0.3 is 10.0 Å². The molecule has 0 rings (SSSR count). The molecular formula is C11H20N2O. The van der Waals surface area contributed by atoms with Crippen molar-refractivity contribution in [3.63, 3.8) is 0 Å². The number of aliphatic hydroxyl groups is 1. The highest BCUT2D eigenvalue weighted by molar-refractivity contribution is 5.27. The van der Waals surface area contributed by atoms with Gasteiger partial charge in [0.25, 0.3) is 0 Å². The van der Waals surface area contributed by atoms with E-state index in [2.05, 4.69) is 0 Å². The third-order valence-electron chi connectivity index (χ3n) is 1.92. The Balaban J connectivity index is 4.59. The Labute approximate surface area is 86.6 Å². The molecule has 3 nitrogen and oxygen atoms in total. The maximum atomic E-state index is 9.85. The van der Waals surface area contributed by atoms with E-state index < -0.39 is 6.10 Å². The van der Waals surface area contributed by atoms with Crippen molar-refractivity contribution >= 4 is 0 Å². The van der Waals surface area contributed by atoms with Crippen LogP contribution in [0.5, 0.6) is 0 Å². The van der Waals surface area contributed by atoms with E-state index in [4.69, 9.17) is 5.26 Å². The summed E-state index contributed by atoms with van der Waals surface area (Å²) in [6, 6.07) is 2.05. The molecule has 1 unspecified atom stereocenters. The molecule has 1 atom stereocenters. The van der Waals surface area contributed by atoms with Gasteiger partial charge >= 0.3 is 0 Å². The fraction of sp³-hybridized carbons (Fsp3) is 0.727. The van der Waals surface area contributed by atoms with Crippen LogP contribution in [-0.2, 0) is 0 Å². The normalized spacial score (nSPS) is 15.4. The van der Waals surface area contributed by atoms with Crippen molar-refractivity contribution in [2.24, 2.45) is 5.41 Å². The lowest BCUT2D eigenvalue weighted by Gasteiger charge is -2.25. The number of rotatable bonds is 3. The van der Waals surface area contributed by atoms with Gasteiger partial charge in [0.15, 0.2) is 0 Å². The minimum absolute atomic E-state index is 0.284. The molecule has 3 heteroatoms. The largest absolute Gasteiger partial charge is 0.387 e. The molecule has 0 radical (unpaired) electrons. The third kappa shape index (κ3) is 4.40. The van der Waals surface area contributed by atoms with Crippen LogP contribution in [0.2, 0.25) is 0 Å². The zero-order valence-corrected chi connectivity index (χ0v) is 9.70. The Kier molecular flexibility index (Phi) is 4.82. The SMILES string of the molecule is CN(C)C/C=C(\C#N)C(O)C(C)(C)C. The van der Waals surface area contributed by atoms with Crippen molar-refractivity contribution in [3.8, 4) is 6.07 Å². The lowest BCUT2D eigenvalue weighted by Crippen LogP contribution is -2.28. The van der Waals surface area contributed by atoms with Gasteiger partial charge in [-0.25, -0.2) is 0 Å². The van der Waals surface area contributed by atoms with E-state index in [1.54, 1.807) is 6.08 Å². The first-order valence-corrected chi connectivity index (χ1v) is 4.72. The van der Waals surface area contributed by atoms with Gasteiger partial charge in [-0.05, 0) is 19.5 Å². The van der Waals surface area contributed by atoms with Crippen LogP contribution in [0.3, 0.4) is 0 Å². The second-order valence-corrected chi connectivity index (χ2v) is 4.80. The number of hydrogen-bond acceptors (Lipinski definition) is 3. The van der Waals surface area contributed by atoms with E-state index >= 15 is 0 Å². The standard InChI is InChI=1S/C11H20N2O/c1-11(2,3)10(14)9(8-12)6-7-13(4)5/h6,10,14H,7H2,1-5H3/b9-6+. The molecule has 80 valence electrons. The van der Waals surface area contributed by atoms with E-state index in [9.17, 15) is 5.11 Å². The maximum Gasteiger partial charge on any atom is 0.0972 e. The van der Waals surface area contributed by atoms with E-state index in [1.165, 1.54) is 0 Å². The Morgan fingerprint density at radius 1 is 1.50 bits per heavy atom. The second-order valence-electron chi connectivity index (χ2n) is 4.80. The summed E-state index contributed by atoms with van der Waals surface area (Å²) in [6.45, 7) is 6.42. The van der Waals surface area contributed by atoms with Crippen molar-refractivity contribution in [1.29, 1.82) is 5.26 Å². The fourth-order valence-corrected chi connectivity index (χ4v) is 0.966. The molecule has 0 bridgehead atoms. The van der Waals surface area contributed by atoms with Crippen LogP contribution in [0.1, 0.15) is 20.8 Å². The second kappa shape index (κ2) is 5.14. The monoisotopic (exact) mass is 196 g/mol. The third-order valence-corrected chi connectivity index (χ3v) is 1.92. The average Bonchev–Trinajstić information content (AvgIpc) is 2.03. The van der Waals surface area contributed by atoms with Crippen LogP contribution < -0.4 is 0 Å². The smallest absolute Gasteiger partial charge is 0.0972 e. The molecule has 0 aromatic carbocycles. The molecular weight excluding hydrogens is 176 g/mol. The summed E-state index contributed by atoms with van der Waals surface area (Å²) in [5.74, 6) is 0. The van der Waals surface area contributed by atoms with Crippen LogP contribution in [0.15, 0.2) is 11.6 Å². The van der Waals surface area contributed by atoms with Gasteiger partial charge in [0.05, 0.1) is 17.7 Å². The molecule has 0 saturated heterocycles. The number of hydrogen-bond donors (Lipinski definition) is 1. The molecule has 0 fully saturated rings. The van der Waals surface area contributed by atoms with Crippen molar-refractivity contribution in [3.05, 3.63) is 11.6 Å². The van der Waals surface area contributed by atoms with Crippen LogP contribution in [-0.4, -0.2) is 36.8 Å². The van der Waals surface area contributed by atoms with Crippen molar-refractivity contribution in [2.75, 3.05) is 20.6 Å². The molecule has 0 amide bonds. The predicted molar refractivity (Wildman–Crippen MR) is 57.7 cm³/mol. The summed E-state index contributed by atoms with van der Waals surface area (Å²) in [5.41, 5.74) is 0.166. The zero-order valence-electron chi connectivity index (χ0n) is 9.70. The van der Waals surface area contributed by atoms with Crippen molar-refractivity contribution < 1.29 is 5.11 Å². The van der Waals surface area contributed by atoms with E-state index in [-0.39, 0.29) is 5.41 Å². The first-order valence-electron chi connectivity index (χ1n) is 4.72. The molecule has 0 aliphatic heterocycles. The molecule has 0 aromatic heterocycles. The van der Waals surface area contributed by atoms with Crippen molar-refractivity contribution in [2.45, 2.75) is 26.9 Å². The minimum atomic E-state index is -0.688. The molecule has 0 saturated carbocycles. The summed E-state index contributed by atoms with van der Waals surface area (Å²) in [4.78, 5) is 1.95. The lowest BCUT2D eigenvalue weighted by atomic mass is 9.85. The van der Waals surface area contributed by atoms with Gasteiger partial charge in [0.2, 0.25) is 0 Å². The van der Waals surface area contributed by atoms with Gasteiger partial charge in [-0.15, -0.1) is 0 Å². The summed E-state index contributed by atoms with van der Waals surface area (Å²) in [5, 5.41) is 18.7. The quantitative estimate of drug-likeness (QED) is 0.694. The molecule has 1 N–H and O–H groups in total.